The molecular weight excluding hydrogens is 266 g/mol. The highest BCUT2D eigenvalue weighted by molar-refractivity contribution is 5.68. The van der Waals surface area contributed by atoms with Gasteiger partial charge in [-0.1, -0.05) is 30.3 Å². The first kappa shape index (κ1) is 15.1. The fourth-order valence-corrected chi connectivity index (χ4v) is 1.89. The van der Waals surface area contributed by atoms with Crippen LogP contribution in [0.4, 0.5) is 4.79 Å². The first-order valence-electron chi connectivity index (χ1n) is 6.93. The van der Waals surface area contributed by atoms with Crippen LogP contribution >= 0.6 is 0 Å². The molecule has 0 saturated heterocycles. The molecule has 5 heteroatoms. The Bertz CT molecular complexity index is 559. The van der Waals surface area contributed by atoms with Gasteiger partial charge in [-0.15, -0.1) is 0 Å². The van der Waals surface area contributed by atoms with E-state index in [0.717, 1.165) is 11.3 Å². The Morgan fingerprint density at radius 2 is 1.95 bits per heavy atom. The predicted molar refractivity (Wildman–Crippen MR) is 80.5 cm³/mol. The summed E-state index contributed by atoms with van der Waals surface area (Å²) in [5.74, 6) is 0. The molecule has 0 bridgehead atoms. The monoisotopic (exact) mass is 287 g/mol. The summed E-state index contributed by atoms with van der Waals surface area (Å²) in [5.41, 5.74) is 1.42. The number of hydrogen-bond donors (Lipinski definition) is 1. The summed E-state index contributed by atoms with van der Waals surface area (Å²) in [6.07, 6.45) is 2.98. The quantitative estimate of drug-likeness (QED) is 0.938. The average Bonchev–Trinajstić information content (AvgIpc) is 2.90. The minimum absolute atomic E-state index is 0.332. The number of benzene rings is 1. The molecule has 0 fully saturated rings. The van der Waals surface area contributed by atoms with Crippen LogP contribution in [-0.4, -0.2) is 26.6 Å². The van der Waals surface area contributed by atoms with E-state index in [0.29, 0.717) is 13.1 Å². The van der Waals surface area contributed by atoms with Crippen LogP contribution in [0.15, 0.2) is 42.9 Å². The summed E-state index contributed by atoms with van der Waals surface area (Å²) in [5, 5.41) is 0. The van der Waals surface area contributed by atoms with Crippen LogP contribution in [0.1, 0.15) is 32.0 Å². The second-order valence-electron chi connectivity index (χ2n) is 5.90. The number of imidazole rings is 1. The van der Waals surface area contributed by atoms with E-state index in [4.69, 9.17) is 4.74 Å². The van der Waals surface area contributed by atoms with Crippen LogP contribution in [-0.2, 0) is 17.8 Å². The largest absolute Gasteiger partial charge is 0.444 e. The number of H-pyrrole nitrogens is 1. The standard InChI is InChI=1S/C16H21N3O2/c1-16(2,3)21-15(20)19(11-14-9-17-12-18-14)10-13-7-5-4-6-8-13/h4-9,12H,10-11H2,1-3H3,(H,17,18). The van der Waals surface area contributed by atoms with Crippen molar-refractivity contribution in [2.45, 2.75) is 39.5 Å². The van der Waals surface area contributed by atoms with Crippen LogP contribution in [0.2, 0.25) is 0 Å². The highest BCUT2D eigenvalue weighted by Crippen LogP contribution is 2.14. The summed E-state index contributed by atoms with van der Waals surface area (Å²) in [6.45, 7) is 6.52. The van der Waals surface area contributed by atoms with Crippen molar-refractivity contribution in [3.63, 3.8) is 0 Å². The number of carbonyl (C=O) groups is 1. The predicted octanol–water partition coefficient (Wildman–Crippen LogP) is 3.35. The molecule has 0 aliphatic heterocycles. The number of hydrogen-bond acceptors (Lipinski definition) is 3. The van der Waals surface area contributed by atoms with E-state index in [1.807, 2.05) is 51.1 Å². The Labute approximate surface area is 125 Å². The molecule has 0 radical (unpaired) electrons. The average molecular weight is 287 g/mol. The molecule has 5 nitrogen and oxygen atoms in total. The SMILES string of the molecule is CC(C)(C)OC(=O)N(Cc1ccccc1)Cc1cnc[nH]1. The lowest BCUT2D eigenvalue weighted by Crippen LogP contribution is -2.36. The Morgan fingerprint density at radius 1 is 1.24 bits per heavy atom. The highest BCUT2D eigenvalue weighted by atomic mass is 16.6. The molecule has 0 aliphatic carbocycles. The lowest BCUT2D eigenvalue weighted by molar-refractivity contribution is 0.0214. The van der Waals surface area contributed by atoms with Gasteiger partial charge in [0.25, 0.3) is 0 Å². The molecule has 0 atom stereocenters. The lowest BCUT2D eigenvalue weighted by Gasteiger charge is -2.27. The van der Waals surface area contributed by atoms with Crippen LogP contribution in [0.3, 0.4) is 0 Å². The molecule has 0 aliphatic rings. The van der Waals surface area contributed by atoms with Crippen LogP contribution in [0.5, 0.6) is 0 Å². The van der Waals surface area contributed by atoms with Gasteiger partial charge in [-0.05, 0) is 26.3 Å². The van der Waals surface area contributed by atoms with Gasteiger partial charge in [0.2, 0.25) is 0 Å². The van der Waals surface area contributed by atoms with Gasteiger partial charge in [0.05, 0.1) is 18.6 Å². The second kappa shape index (κ2) is 6.43. The summed E-state index contributed by atoms with van der Waals surface area (Å²) in [4.78, 5) is 21.0. The zero-order chi connectivity index (χ0) is 15.3. The van der Waals surface area contributed by atoms with E-state index in [1.54, 1.807) is 17.4 Å². The molecule has 1 aromatic heterocycles. The summed E-state index contributed by atoms with van der Waals surface area (Å²) < 4.78 is 5.47. The Balaban J connectivity index is 2.11. The van der Waals surface area contributed by atoms with Gasteiger partial charge in [0.1, 0.15) is 5.60 Å². The van der Waals surface area contributed by atoms with Crippen LogP contribution < -0.4 is 0 Å². The molecule has 2 rings (SSSR count). The number of aromatic amines is 1. The highest BCUT2D eigenvalue weighted by Gasteiger charge is 2.22. The number of carbonyl (C=O) groups excluding carboxylic acids is 1. The maximum absolute atomic E-state index is 12.4. The minimum atomic E-state index is -0.514. The van der Waals surface area contributed by atoms with Crippen LogP contribution in [0.25, 0.3) is 0 Å². The molecule has 21 heavy (non-hydrogen) atoms. The van der Waals surface area contributed by atoms with Gasteiger partial charge in [0.15, 0.2) is 0 Å². The van der Waals surface area contributed by atoms with E-state index in [1.165, 1.54) is 0 Å². The van der Waals surface area contributed by atoms with E-state index >= 15 is 0 Å². The van der Waals surface area contributed by atoms with Gasteiger partial charge < -0.3 is 9.72 Å². The third kappa shape index (κ3) is 4.95. The molecule has 112 valence electrons. The zero-order valence-electron chi connectivity index (χ0n) is 12.7. The molecule has 1 aromatic carbocycles. The summed E-state index contributed by atoms with van der Waals surface area (Å²) in [7, 11) is 0. The van der Waals surface area contributed by atoms with Crippen LogP contribution in [0, 0.1) is 0 Å². The van der Waals surface area contributed by atoms with Crippen molar-refractivity contribution in [1.82, 2.24) is 14.9 Å². The van der Waals surface area contributed by atoms with Crippen molar-refractivity contribution in [2.24, 2.45) is 0 Å². The van der Waals surface area contributed by atoms with Crippen molar-refractivity contribution in [3.8, 4) is 0 Å². The van der Waals surface area contributed by atoms with E-state index < -0.39 is 5.60 Å². The fourth-order valence-electron chi connectivity index (χ4n) is 1.89. The number of amides is 1. The Kier molecular flexibility index (Phi) is 4.62. The minimum Gasteiger partial charge on any atom is -0.444 e. The van der Waals surface area contributed by atoms with Gasteiger partial charge in [-0.25, -0.2) is 9.78 Å². The van der Waals surface area contributed by atoms with E-state index in [9.17, 15) is 4.79 Å². The molecule has 0 saturated carbocycles. The second-order valence-corrected chi connectivity index (χ2v) is 5.90. The summed E-state index contributed by atoms with van der Waals surface area (Å²) in [6, 6.07) is 9.85. The molecule has 0 unspecified atom stereocenters. The molecular formula is C16H21N3O2. The van der Waals surface area contributed by atoms with Crippen molar-refractivity contribution in [1.29, 1.82) is 0 Å². The number of ether oxygens (including phenoxy) is 1. The molecule has 0 spiro atoms. The van der Waals surface area contributed by atoms with E-state index in [2.05, 4.69) is 9.97 Å². The van der Waals surface area contributed by atoms with Crippen molar-refractivity contribution in [3.05, 3.63) is 54.1 Å². The molecule has 2 aromatic rings. The number of nitrogens with zero attached hydrogens (tertiary/aromatic N) is 2. The number of rotatable bonds is 4. The number of nitrogens with one attached hydrogen (secondary N) is 1. The fraction of sp³-hybridized carbons (Fsp3) is 0.375. The number of aromatic nitrogens is 2. The molecule has 1 amide bonds. The third-order valence-electron chi connectivity index (χ3n) is 2.78. The van der Waals surface area contributed by atoms with E-state index in [-0.39, 0.29) is 6.09 Å². The maximum Gasteiger partial charge on any atom is 0.410 e. The van der Waals surface area contributed by atoms with Gasteiger partial charge >= 0.3 is 6.09 Å². The maximum atomic E-state index is 12.4. The zero-order valence-corrected chi connectivity index (χ0v) is 12.7. The smallest absolute Gasteiger partial charge is 0.410 e. The third-order valence-corrected chi connectivity index (χ3v) is 2.78. The lowest BCUT2D eigenvalue weighted by atomic mass is 10.2. The van der Waals surface area contributed by atoms with Crippen molar-refractivity contribution < 1.29 is 9.53 Å². The topological polar surface area (TPSA) is 58.2 Å². The van der Waals surface area contributed by atoms with Gasteiger partial charge in [-0.2, -0.15) is 0 Å². The summed E-state index contributed by atoms with van der Waals surface area (Å²) >= 11 is 0. The van der Waals surface area contributed by atoms with Gasteiger partial charge in [-0.3, -0.25) is 4.90 Å². The Morgan fingerprint density at radius 3 is 2.52 bits per heavy atom. The Hall–Kier alpha value is -2.30. The van der Waals surface area contributed by atoms with Crippen molar-refractivity contribution in [2.75, 3.05) is 0 Å². The van der Waals surface area contributed by atoms with Crippen molar-refractivity contribution >= 4 is 6.09 Å². The molecule has 1 N–H and O–H groups in total. The molecule has 1 heterocycles. The normalized spacial score (nSPS) is 11.2. The van der Waals surface area contributed by atoms with Gasteiger partial charge in [0, 0.05) is 12.7 Å². The first-order chi connectivity index (χ1) is 9.94. The first-order valence-corrected chi connectivity index (χ1v) is 6.93.